The Morgan fingerprint density at radius 1 is 1.46 bits per heavy atom. The molecule has 72 valence electrons. The molecular formula is C12H18O. The number of rotatable bonds is 2. The molecule has 0 radical (unpaired) electrons. The van der Waals surface area contributed by atoms with Crippen molar-refractivity contribution in [1.29, 1.82) is 0 Å². The SMILES string of the molecule is CCO[C@H]1C[C@H]2C=C1[C@@H]1CCC[C@H]21. The van der Waals surface area contributed by atoms with Gasteiger partial charge >= 0.3 is 0 Å². The maximum absolute atomic E-state index is 5.78. The largest absolute Gasteiger partial charge is 0.374 e. The maximum Gasteiger partial charge on any atom is 0.0793 e. The van der Waals surface area contributed by atoms with Crippen molar-refractivity contribution in [2.75, 3.05) is 6.61 Å². The lowest BCUT2D eigenvalue weighted by molar-refractivity contribution is 0.0533. The third kappa shape index (κ3) is 1.03. The molecule has 1 heteroatoms. The van der Waals surface area contributed by atoms with Crippen LogP contribution in [-0.2, 0) is 4.74 Å². The summed E-state index contributed by atoms with van der Waals surface area (Å²) in [5.41, 5.74) is 1.68. The number of allylic oxidation sites excluding steroid dienone is 1. The van der Waals surface area contributed by atoms with Gasteiger partial charge in [0.25, 0.3) is 0 Å². The van der Waals surface area contributed by atoms with Crippen LogP contribution in [0.25, 0.3) is 0 Å². The third-order valence-corrected chi connectivity index (χ3v) is 4.18. The normalized spacial score (nSPS) is 46.7. The molecule has 0 unspecified atom stereocenters. The fourth-order valence-corrected chi connectivity index (χ4v) is 3.75. The van der Waals surface area contributed by atoms with Crippen LogP contribution in [-0.4, -0.2) is 12.7 Å². The first-order valence-electron chi connectivity index (χ1n) is 5.73. The number of hydrogen-bond acceptors (Lipinski definition) is 1. The van der Waals surface area contributed by atoms with Crippen molar-refractivity contribution in [3.8, 4) is 0 Å². The van der Waals surface area contributed by atoms with Crippen LogP contribution in [0.15, 0.2) is 11.6 Å². The second-order valence-electron chi connectivity index (χ2n) is 4.71. The molecule has 3 aliphatic rings. The number of ether oxygens (including phenoxy) is 1. The topological polar surface area (TPSA) is 9.23 Å². The van der Waals surface area contributed by atoms with Crippen LogP contribution in [0.2, 0.25) is 0 Å². The van der Waals surface area contributed by atoms with Crippen LogP contribution in [0.4, 0.5) is 0 Å². The molecular weight excluding hydrogens is 160 g/mol. The summed E-state index contributed by atoms with van der Waals surface area (Å²) in [6.07, 6.45) is 8.72. The summed E-state index contributed by atoms with van der Waals surface area (Å²) < 4.78 is 5.78. The lowest BCUT2D eigenvalue weighted by Crippen LogP contribution is -2.27. The standard InChI is InChI=1S/C12H18O/c1-2-13-12-7-8-6-11(12)10-5-3-4-9(8)10/h6,8-10,12H,2-5,7H2,1H3/t8-,9-,10-,12+/m1/s1. The van der Waals surface area contributed by atoms with E-state index in [0.29, 0.717) is 6.10 Å². The highest BCUT2D eigenvalue weighted by atomic mass is 16.5. The van der Waals surface area contributed by atoms with Gasteiger partial charge in [-0.15, -0.1) is 0 Å². The summed E-state index contributed by atoms with van der Waals surface area (Å²) in [6.45, 7) is 2.99. The van der Waals surface area contributed by atoms with E-state index in [-0.39, 0.29) is 0 Å². The zero-order valence-corrected chi connectivity index (χ0v) is 8.33. The van der Waals surface area contributed by atoms with E-state index in [1.54, 1.807) is 5.57 Å². The van der Waals surface area contributed by atoms with E-state index in [0.717, 1.165) is 24.4 Å². The van der Waals surface area contributed by atoms with E-state index in [1.165, 1.54) is 25.7 Å². The molecule has 3 rings (SSSR count). The first-order chi connectivity index (χ1) is 6.40. The van der Waals surface area contributed by atoms with Crippen LogP contribution in [0, 0.1) is 17.8 Å². The van der Waals surface area contributed by atoms with Crippen molar-refractivity contribution < 1.29 is 4.74 Å². The second-order valence-corrected chi connectivity index (χ2v) is 4.71. The Hall–Kier alpha value is -0.300. The van der Waals surface area contributed by atoms with Crippen LogP contribution >= 0.6 is 0 Å². The van der Waals surface area contributed by atoms with Crippen molar-refractivity contribution in [1.82, 2.24) is 0 Å². The quantitative estimate of drug-likeness (QED) is 0.591. The minimum absolute atomic E-state index is 0.509. The molecule has 0 N–H and O–H groups in total. The van der Waals surface area contributed by atoms with Crippen LogP contribution in [0.5, 0.6) is 0 Å². The Bertz CT molecular complexity index is 244. The van der Waals surface area contributed by atoms with Crippen molar-refractivity contribution >= 4 is 0 Å². The fourth-order valence-electron chi connectivity index (χ4n) is 3.75. The molecule has 0 saturated heterocycles. The van der Waals surface area contributed by atoms with E-state index < -0.39 is 0 Å². The summed E-state index contributed by atoms with van der Waals surface area (Å²) in [7, 11) is 0. The van der Waals surface area contributed by atoms with Gasteiger partial charge in [0.1, 0.15) is 0 Å². The van der Waals surface area contributed by atoms with Gasteiger partial charge in [-0.3, -0.25) is 0 Å². The fraction of sp³-hybridized carbons (Fsp3) is 0.833. The maximum atomic E-state index is 5.78. The average molecular weight is 178 g/mol. The van der Waals surface area contributed by atoms with Gasteiger partial charge < -0.3 is 4.74 Å². The smallest absolute Gasteiger partial charge is 0.0793 e. The van der Waals surface area contributed by atoms with Crippen molar-refractivity contribution in [3.05, 3.63) is 11.6 Å². The molecule has 0 aromatic carbocycles. The molecule has 3 aliphatic carbocycles. The number of fused-ring (bicyclic) bond motifs is 4. The highest BCUT2D eigenvalue weighted by Gasteiger charge is 2.48. The average Bonchev–Trinajstić information content (AvgIpc) is 2.72. The third-order valence-electron chi connectivity index (χ3n) is 4.18. The zero-order valence-electron chi connectivity index (χ0n) is 8.33. The monoisotopic (exact) mass is 178 g/mol. The van der Waals surface area contributed by atoms with Gasteiger partial charge in [-0.2, -0.15) is 0 Å². The van der Waals surface area contributed by atoms with E-state index in [1.807, 2.05) is 0 Å². The first kappa shape index (κ1) is 8.05. The van der Waals surface area contributed by atoms with Gasteiger partial charge in [0.05, 0.1) is 6.10 Å². The second kappa shape index (κ2) is 2.84. The summed E-state index contributed by atoms with van der Waals surface area (Å²) in [5, 5.41) is 0. The molecule has 0 aromatic heterocycles. The minimum Gasteiger partial charge on any atom is -0.374 e. The Labute approximate surface area is 80.2 Å². The molecule has 0 heterocycles. The molecule has 1 saturated carbocycles. The predicted octanol–water partition coefficient (Wildman–Crippen LogP) is 2.77. The van der Waals surface area contributed by atoms with Crippen molar-refractivity contribution in [2.24, 2.45) is 17.8 Å². The van der Waals surface area contributed by atoms with Crippen molar-refractivity contribution in [3.63, 3.8) is 0 Å². The lowest BCUT2D eigenvalue weighted by Gasteiger charge is -2.30. The highest BCUT2D eigenvalue weighted by Crippen LogP contribution is 2.55. The Kier molecular flexibility index (Phi) is 1.76. The van der Waals surface area contributed by atoms with Gasteiger partial charge in [0, 0.05) is 6.61 Å². The highest BCUT2D eigenvalue weighted by molar-refractivity contribution is 5.30. The number of hydrogen-bond donors (Lipinski definition) is 0. The lowest BCUT2D eigenvalue weighted by atomic mass is 9.79. The summed E-state index contributed by atoms with van der Waals surface area (Å²) in [4.78, 5) is 0. The molecule has 4 atom stereocenters. The van der Waals surface area contributed by atoms with Gasteiger partial charge in [0.15, 0.2) is 0 Å². The van der Waals surface area contributed by atoms with Gasteiger partial charge in [0.2, 0.25) is 0 Å². The van der Waals surface area contributed by atoms with Crippen LogP contribution < -0.4 is 0 Å². The molecule has 13 heavy (non-hydrogen) atoms. The molecule has 0 aromatic rings. The first-order valence-corrected chi connectivity index (χ1v) is 5.73. The Balaban J connectivity index is 1.78. The molecule has 0 amide bonds. The van der Waals surface area contributed by atoms with Gasteiger partial charge in [-0.05, 0) is 49.5 Å². The van der Waals surface area contributed by atoms with E-state index in [4.69, 9.17) is 4.74 Å². The van der Waals surface area contributed by atoms with Gasteiger partial charge in [-0.25, -0.2) is 0 Å². The van der Waals surface area contributed by atoms with E-state index in [2.05, 4.69) is 13.0 Å². The Morgan fingerprint density at radius 3 is 3.23 bits per heavy atom. The molecule has 2 bridgehead atoms. The summed E-state index contributed by atoms with van der Waals surface area (Å²) in [5.74, 6) is 2.83. The van der Waals surface area contributed by atoms with Gasteiger partial charge in [-0.1, -0.05) is 12.5 Å². The van der Waals surface area contributed by atoms with Crippen molar-refractivity contribution in [2.45, 2.75) is 38.7 Å². The molecule has 0 spiro atoms. The summed E-state index contributed by atoms with van der Waals surface area (Å²) in [6, 6.07) is 0. The van der Waals surface area contributed by atoms with E-state index in [9.17, 15) is 0 Å². The Morgan fingerprint density at radius 2 is 2.38 bits per heavy atom. The molecule has 0 aliphatic heterocycles. The van der Waals surface area contributed by atoms with E-state index >= 15 is 0 Å². The van der Waals surface area contributed by atoms with Crippen LogP contribution in [0.1, 0.15) is 32.6 Å². The summed E-state index contributed by atoms with van der Waals surface area (Å²) >= 11 is 0. The zero-order chi connectivity index (χ0) is 8.84. The van der Waals surface area contributed by atoms with Crippen LogP contribution in [0.3, 0.4) is 0 Å². The molecule has 1 fully saturated rings. The minimum atomic E-state index is 0.509. The molecule has 1 nitrogen and oxygen atoms in total. The predicted molar refractivity (Wildman–Crippen MR) is 52.4 cm³/mol.